The first-order valence-corrected chi connectivity index (χ1v) is 14.2. The molecule has 2 aliphatic rings. The highest BCUT2D eigenvalue weighted by molar-refractivity contribution is 5.74. The summed E-state index contributed by atoms with van der Waals surface area (Å²) in [7, 11) is 0. The number of nitrogens with zero attached hydrogens (tertiary/aromatic N) is 4. The summed E-state index contributed by atoms with van der Waals surface area (Å²) in [5, 5.41) is 28.5. The number of carboxylic acid groups (broad SMARTS) is 4. The summed E-state index contributed by atoms with van der Waals surface area (Å²) in [4.78, 5) is 49.5. The number of hydrogen-bond acceptors (Lipinski definition) is 9. The second-order valence-electron chi connectivity index (χ2n) is 10.4. The van der Waals surface area contributed by atoms with Crippen molar-refractivity contribution in [1.82, 2.24) is 19.8 Å². The molecule has 2 aromatic rings. The van der Waals surface area contributed by atoms with Crippen molar-refractivity contribution < 1.29 is 97.0 Å². The fourth-order valence-electron chi connectivity index (χ4n) is 3.92. The Hall–Kier alpha value is -4.78. The van der Waals surface area contributed by atoms with Crippen LogP contribution in [0.1, 0.15) is 24.2 Å². The average molecular weight is 795 g/mol. The predicted octanol–water partition coefficient (Wildman–Crippen LogP) is 4.88. The molecule has 0 aromatic carbocycles. The number of rotatable bonds is 4. The molecule has 0 saturated carbocycles. The Morgan fingerprint density at radius 1 is 0.585 bits per heavy atom. The van der Waals surface area contributed by atoms with Crippen LogP contribution in [0.3, 0.4) is 0 Å². The van der Waals surface area contributed by atoms with Gasteiger partial charge in [-0.2, -0.15) is 52.7 Å². The molecule has 300 valence electrons. The number of hydrogen-bond donors (Lipinski definition) is 4. The number of alkyl halides is 12. The molecule has 0 radical (unpaired) electrons. The fourth-order valence-corrected chi connectivity index (χ4v) is 3.92. The van der Waals surface area contributed by atoms with E-state index in [1.54, 1.807) is 0 Å². The van der Waals surface area contributed by atoms with Gasteiger partial charge in [0.05, 0.1) is 23.6 Å². The Bertz CT molecular complexity index is 1320. The van der Waals surface area contributed by atoms with Gasteiger partial charge in [-0.15, -0.1) is 0 Å². The van der Waals surface area contributed by atoms with Crippen LogP contribution in [-0.4, -0.2) is 127 Å². The molecule has 2 saturated heterocycles. The molecule has 2 fully saturated rings. The third-order valence-corrected chi connectivity index (χ3v) is 6.29. The largest absolute Gasteiger partial charge is 0.490 e. The number of ether oxygens (including phenoxy) is 1. The highest BCUT2D eigenvalue weighted by Gasteiger charge is 2.41. The highest BCUT2D eigenvalue weighted by Crippen LogP contribution is 2.31. The zero-order valence-electron chi connectivity index (χ0n) is 26.6. The van der Waals surface area contributed by atoms with E-state index in [9.17, 15) is 52.7 Å². The Morgan fingerprint density at radius 3 is 1.19 bits per heavy atom. The van der Waals surface area contributed by atoms with Gasteiger partial charge in [0.15, 0.2) is 0 Å². The van der Waals surface area contributed by atoms with Crippen molar-refractivity contribution in [3.63, 3.8) is 0 Å². The first-order valence-electron chi connectivity index (χ1n) is 14.2. The van der Waals surface area contributed by atoms with Crippen LogP contribution < -0.4 is 0 Å². The molecule has 53 heavy (non-hydrogen) atoms. The summed E-state index contributed by atoms with van der Waals surface area (Å²) in [6.45, 7) is 6.85. The summed E-state index contributed by atoms with van der Waals surface area (Å²) in [5.74, 6) is -11.0. The maximum absolute atomic E-state index is 10.6. The van der Waals surface area contributed by atoms with E-state index in [1.807, 2.05) is 24.5 Å². The first-order chi connectivity index (χ1) is 24.1. The zero-order valence-corrected chi connectivity index (χ0v) is 26.6. The first kappa shape index (κ1) is 48.2. The zero-order chi connectivity index (χ0) is 41.3. The fraction of sp³-hybridized carbons (Fsp3) is 0.500. The van der Waals surface area contributed by atoms with E-state index in [0.717, 1.165) is 70.1 Å². The lowest BCUT2D eigenvalue weighted by Gasteiger charge is -2.47. The Balaban J connectivity index is 0.000000791. The van der Waals surface area contributed by atoms with Gasteiger partial charge in [0.1, 0.15) is 0 Å². The number of likely N-dealkylation sites (tertiary alicyclic amines) is 1. The Kier molecular flexibility index (Phi) is 19.2. The molecule has 4 rings (SSSR count). The van der Waals surface area contributed by atoms with Crippen LogP contribution >= 0.6 is 0 Å². The number of pyridine rings is 2. The van der Waals surface area contributed by atoms with Crippen molar-refractivity contribution in [2.24, 2.45) is 0 Å². The van der Waals surface area contributed by atoms with Crippen LogP contribution in [0.25, 0.3) is 0 Å². The van der Waals surface area contributed by atoms with Crippen LogP contribution in [-0.2, 0) is 37.0 Å². The maximum atomic E-state index is 10.6. The number of aromatic nitrogens is 2. The smallest absolute Gasteiger partial charge is 0.475 e. The summed E-state index contributed by atoms with van der Waals surface area (Å²) >= 11 is 0. The lowest BCUT2D eigenvalue weighted by molar-refractivity contribution is -0.193. The minimum atomic E-state index is -5.08. The van der Waals surface area contributed by atoms with Crippen molar-refractivity contribution in [1.29, 1.82) is 0 Å². The van der Waals surface area contributed by atoms with Crippen molar-refractivity contribution in [2.75, 3.05) is 32.8 Å². The van der Waals surface area contributed by atoms with E-state index in [1.165, 1.54) is 0 Å². The molecule has 25 heteroatoms. The van der Waals surface area contributed by atoms with Crippen molar-refractivity contribution >= 4 is 23.9 Å². The van der Waals surface area contributed by atoms with Crippen molar-refractivity contribution in [3.8, 4) is 0 Å². The molecular weight excluding hydrogens is 764 g/mol. The molecule has 4 N–H and O–H groups in total. The average Bonchev–Trinajstić information content (AvgIpc) is 3.03. The van der Waals surface area contributed by atoms with E-state index in [-0.39, 0.29) is 5.60 Å². The predicted molar refractivity (Wildman–Crippen MR) is 152 cm³/mol. The van der Waals surface area contributed by atoms with Gasteiger partial charge in [0.25, 0.3) is 0 Å². The van der Waals surface area contributed by atoms with Gasteiger partial charge >= 0.3 is 48.6 Å². The molecule has 0 atom stereocenters. The summed E-state index contributed by atoms with van der Waals surface area (Å²) in [6, 6.07) is 12.3. The van der Waals surface area contributed by atoms with E-state index < -0.39 is 48.6 Å². The minimum absolute atomic E-state index is 0.0215. The summed E-state index contributed by atoms with van der Waals surface area (Å²) in [6.07, 6.45) is -14.4. The number of aliphatic carboxylic acids is 4. The maximum Gasteiger partial charge on any atom is 0.490 e. The quantitative estimate of drug-likeness (QED) is 0.307. The second kappa shape index (κ2) is 21.1. The minimum Gasteiger partial charge on any atom is -0.475 e. The molecular formula is C28H30F12N4O9. The third-order valence-electron chi connectivity index (χ3n) is 6.29. The van der Waals surface area contributed by atoms with Crippen LogP contribution in [0.15, 0.2) is 48.8 Å². The molecule has 4 heterocycles. The topological polar surface area (TPSA) is 191 Å². The number of morpholine rings is 1. The molecule has 2 aliphatic heterocycles. The standard InChI is InChI=1S/C20H26N4O.4C2HF3O2/c1-3-9-21-18(5-1)15-23-11-7-20(8-12-23)17-24(13-14-25-20)16-19-6-2-4-10-22-19;4*3-2(4,5)1(6)7/h1-6,9-10H,7-8,11-17H2;4*(H,6,7). The summed E-state index contributed by atoms with van der Waals surface area (Å²) < 4.78 is 133. The molecule has 0 aliphatic carbocycles. The molecule has 0 bridgehead atoms. The van der Waals surface area contributed by atoms with E-state index in [4.69, 9.17) is 44.3 Å². The Labute approximate surface area is 290 Å². The normalized spacial score (nSPS) is 16.1. The van der Waals surface area contributed by atoms with Crippen molar-refractivity contribution in [2.45, 2.75) is 56.2 Å². The molecule has 1 spiro atoms. The summed E-state index contributed by atoms with van der Waals surface area (Å²) in [5.41, 5.74) is 2.32. The highest BCUT2D eigenvalue weighted by atomic mass is 19.4. The lowest BCUT2D eigenvalue weighted by atomic mass is 9.89. The van der Waals surface area contributed by atoms with E-state index in [0.29, 0.717) is 0 Å². The van der Waals surface area contributed by atoms with Gasteiger partial charge in [-0.25, -0.2) is 19.2 Å². The van der Waals surface area contributed by atoms with Crippen LogP contribution in [0, 0.1) is 0 Å². The molecule has 0 unspecified atom stereocenters. The van der Waals surface area contributed by atoms with Crippen LogP contribution in [0.2, 0.25) is 0 Å². The van der Waals surface area contributed by atoms with Gasteiger partial charge < -0.3 is 25.2 Å². The van der Waals surface area contributed by atoms with Gasteiger partial charge in [-0.1, -0.05) is 12.1 Å². The molecule has 2 aromatic heterocycles. The molecule has 0 amide bonds. The molecule has 13 nitrogen and oxygen atoms in total. The SMILES string of the molecule is O=C(O)C(F)(F)F.O=C(O)C(F)(F)F.O=C(O)C(F)(F)F.O=C(O)C(F)(F)F.c1ccc(CN2CCC3(CC2)CN(Cc2ccccn2)CCO3)nc1. The van der Waals surface area contributed by atoms with Crippen LogP contribution in [0.4, 0.5) is 52.7 Å². The van der Waals surface area contributed by atoms with E-state index >= 15 is 0 Å². The lowest BCUT2D eigenvalue weighted by Crippen LogP contribution is -2.56. The van der Waals surface area contributed by atoms with Gasteiger partial charge in [0.2, 0.25) is 0 Å². The monoisotopic (exact) mass is 794 g/mol. The number of halogens is 12. The number of carboxylic acids is 4. The number of piperidine rings is 1. The number of carbonyl (C=O) groups is 4. The van der Waals surface area contributed by atoms with E-state index in [2.05, 4.69) is 44.0 Å². The van der Waals surface area contributed by atoms with Gasteiger partial charge in [-0.3, -0.25) is 19.8 Å². The van der Waals surface area contributed by atoms with Crippen molar-refractivity contribution in [3.05, 3.63) is 60.2 Å². The second-order valence-corrected chi connectivity index (χ2v) is 10.4. The van der Waals surface area contributed by atoms with Gasteiger partial charge in [-0.05, 0) is 37.1 Å². The van der Waals surface area contributed by atoms with Crippen LogP contribution in [0.5, 0.6) is 0 Å². The van der Waals surface area contributed by atoms with Gasteiger partial charge in [0, 0.05) is 51.7 Å². The Morgan fingerprint density at radius 2 is 0.906 bits per heavy atom. The third kappa shape index (κ3) is 21.4.